The minimum Gasteiger partial charge on any atom is -0.356 e. The van der Waals surface area contributed by atoms with Gasteiger partial charge in [-0.3, -0.25) is 4.99 Å². The fourth-order valence-corrected chi connectivity index (χ4v) is 3.05. The molecule has 1 saturated carbocycles. The molecule has 0 atom stereocenters. The van der Waals surface area contributed by atoms with Crippen molar-refractivity contribution in [3.05, 3.63) is 22.4 Å². The third kappa shape index (κ3) is 3.25. The summed E-state index contributed by atoms with van der Waals surface area (Å²) < 4.78 is 0. The molecule has 1 aliphatic carbocycles. The number of nitrogens with zero attached hydrogens (tertiary/aromatic N) is 1. The summed E-state index contributed by atoms with van der Waals surface area (Å²) in [5.41, 5.74) is 0.528. The van der Waals surface area contributed by atoms with Crippen LogP contribution in [-0.2, 0) is 6.54 Å². The van der Waals surface area contributed by atoms with Crippen molar-refractivity contribution in [2.75, 3.05) is 13.6 Å². The summed E-state index contributed by atoms with van der Waals surface area (Å²) in [6, 6.07) is 4.22. The maximum absolute atomic E-state index is 4.28. The lowest BCUT2D eigenvalue weighted by Crippen LogP contribution is -2.45. The zero-order chi connectivity index (χ0) is 12.8. The van der Waals surface area contributed by atoms with Gasteiger partial charge in [-0.05, 0) is 36.1 Å². The van der Waals surface area contributed by atoms with Crippen molar-refractivity contribution in [3.63, 3.8) is 0 Å². The van der Waals surface area contributed by atoms with Crippen LogP contribution in [0.4, 0.5) is 0 Å². The molecule has 0 aromatic carbocycles. The van der Waals surface area contributed by atoms with Crippen LogP contribution in [0.25, 0.3) is 0 Å². The molecule has 1 aliphatic rings. The first kappa shape index (κ1) is 13.4. The number of nitrogens with one attached hydrogen (secondary N) is 2. The Hall–Kier alpha value is -1.03. The summed E-state index contributed by atoms with van der Waals surface area (Å²) in [4.78, 5) is 5.62. The highest BCUT2D eigenvalue weighted by Gasteiger charge is 2.34. The highest BCUT2D eigenvalue weighted by molar-refractivity contribution is 7.09. The number of rotatable bonds is 5. The average Bonchev–Trinajstić information content (AvgIpc) is 2.85. The van der Waals surface area contributed by atoms with Crippen LogP contribution >= 0.6 is 11.3 Å². The van der Waals surface area contributed by atoms with E-state index in [9.17, 15) is 0 Å². The van der Waals surface area contributed by atoms with E-state index in [1.54, 1.807) is 11.3 Å². The van der Waals surface area contributed by atoms with Crippen LogP contribution in [-0.4, -0.2) is 19.6 Å². The first-order valence-electron chi connectivity index (χ1n) is 6.75. The van der Waals surface area contributed by atoms with Crippen LogP contribution in [0.15, 0.2) is 22.5 Å². The van der Waals surface area contributed by atoms with E-state index in [1.807, 2.05) is 7.05 Å². The summed E-state index contributed by atoms with van der Waals surface area (Å²) in [5, 5.41) is 8.94. The van der Waals surface area contributed by atoms with Crippen molar-refractivity contribution in [1.82, 2.24) is 10.6 Å². The summed E-state index contributed by atoms with van der Waals surface area (Å²) >= 11 is 1.77. The van der Waals surface area contributed by atoms with E-state index in [2.05, 4.69) is 40.1 Å². The Morgan fingerprint density at radius 1 is 1.44 bits per heavy atom. The summed E-state index contributed by atoms with van der Waals surface area (Å²) in [6.07, 6.45) is 5.37. The van der Waals surface area contributed by atoms with E-state index in [1.165, 1.54) is 30.6 Å². The smallest absolute Gasteiger partial charge is 0.191 e. The Kier molecular flexibility index (Phi) is 4.64. The van der Waals surface area contributed by atoms with Gasteiger partial charge < -0.3 is 10.6 Å². The van der Waals surface area contributed by atoms with Crippen molar-refractivity contribution in [2.24, 2.45) is 10.4 Å². The molecular weight excluding hydrogens is 242 g/mol. The van der Waals surface area contributed by atoms with Crippen molar-refractivity contribution in [1.29, 1.82) is 0 Å². The van der Waals surface area contributed by atoms with Gasteiger partial charge in [0.25, 0.3) is 0 Å². The summed E-state index contributed by atoms with van der Waals surface area (Å²) in [7, 11) is 1.84. The number of hydrogen-bond donors (Lipinski definition) is 2. The molecule has 2 N–H and O–H groups in total. The second kappa shape index (κ2) is 6.23. The molecule has 0 radical (unpaired) electrons. The molecular formula is C14H23N3S. The summed E-state index contributed by atoms with van der Waals surface area (Å²) in [6.45, 7) is 4.20. The zero-order valence-corrected chi connectivity index (χ0v) is 12.1. The highest BCUT2D eigenvalue weighted by atomic mass is 32.1. The molecule has 1 heterocycles. The van der Waals surface area contributed by atoms with Gasteiger partial charge in [0.1, 0.15) is 0 Å². The average molecular weight is 265 g/mol. The van der Waals surface area contributed by atoms with E-state index in [-0.39, 0.29) is 0 Å². The Balaban J connectivity index is 1.76. The minimum atomic E-state index is 0.528. The Labute approximate surface area is 114 Å². The molecule has 0 spiro atoms. The van der Waals surface area contributed by atoms with Gasteiger partial charge in [0, 0.05) is 18.5 Å². The predicted octanol–water partition coefficient (Wildman–Crippen LogP) is 2.99. The van der Waals surface area contributed by atoms with E-state index < -0.39 is 0 Å². The van der Waals surface area contributed by atoms with Gasteiger partial charge in [-0.2, -0.15) is 0 Å². The van der Waals surface area contributed by atoms with Crippen molar-refractivity contribution in [2.45, 2.75) is 39.2 Å². The zero-order valence-electron chi connectivity index (χ0n) is 11.3. The molecule has 1 aromatic heterocycles. The third-order valence-corrected chi connectivity index (χ3v) is 4.91. The number of thiophene rings is 1. The van der Waals surface area contributed by atoms with E-state index in [0.29, 0.717) is 5.41 Å². The predicted molar refractivity (Wildman–Crippen MR) is 79.1 cm³/mol. The maximum Gasteiger partial charge on any atom is 0.191 e. The summed E-state index contributed by atoms with van der Waals surface area (Å²) in [5.74, 6) is 0.920. The van der Waals surface area contributed by atoms with E-state index in [4.69, 9.17) is 0 Å². The molecule has 0 saturated heterocycles. The first-order valence-corrected chi connectivity index (χ1v) is 7.63. The lowest BCUT2D eigenvalue weighted by molar-refractivity contribution is 0.131. The fraction of sp³-hybridized carbons (Fsp3) is 0.643. The topological polar surface area (TPSA) is 36.4 Å². The third-order valence-electron chi connectivity index (χ3n) is 4.03. The SMILES string of the molecule is CCC1(CNC(=NC)NCc2cccs2)CCC1. The van der Waals surface area contributed by atoms with E-state index in [0.717, 1.165) is 19.0 Å². The van der Waals surface area contributed by atoms with Gasteiger partial charge in [0.15, 0.2) is 5.96 Å². The molecule has 2 rings (SSSR count). The number of aliphatic imine (C=N–C) groups is 1. The van der Waals surface area contributed by atoms with Crippen molar-refractivity contribution in [3.8, 4) is 0 Å². The molecule has 3 nitrogen and oxygen atoms in total. The first-order chi connectivity index (χ1) is 8.78. The second-order valence-corrected chi connectivity index (χ2v) is 6.10. The Morgan fingerprint density at radius 2 is 2.28 bits per heavy atom. The molecule has 1 aromatic rings. The van der Waals surface area contributed by atoms with Crippen LogP contribution in [0, 0.1) is 5.41 Å². The van der Waals surface area contributed by atoms with Crippen LogP contribution in [0.1, 0.15) is 37.5 Å². The fourth-order valence-electron chi connectivity index (χ4n) is 2.41. The standard InChI is InChI=1S/C14H23N3S/c1-3-14(7-5-8-14)11-17-13(15-2)16-10-12-6-4-9-18-12/h4,6,9H,3,5,7-8,10-11H2,1-2H3,(H2,15,16,17). The molecule has 0 unspecified atom stereocenters. The van der Waals surface area contributed by atoms with Crippen molar-refractivity contribution < 1.29 is 0 Å². The van der Waals surface area contributed by atoms with Crippen molar-refractivity contribution >= 4 is 17.3 Å². The van der Waals surface area contributed by atoms with Gasteiger partial charge in [0.2, 0.25) is 0 Å². The molecule has 0 bridgehead atoms. The molecule has 0 aliphatic heterocycles. The molecule has 1 fully saturated rings. The Morgan fingerprint density at radius 3 is 2.78 bits per heavy atom. The normalized spacial score (nSPS) is 18.2. The molecule has 100 valence electrons. The second-order valence-electron chi connectivity index (χ2n) is 5.07. The maximum atomic E-state index is 4.28. The minimum absolute atomic E-state index is 0.528. The van der Waals surface area contributed by atoms with Crippen LogP contribution in [0.5, 0.6) is 0 Å². The Bertz CT molecular complexity index is 374. The van der Waals surface area contributed by atoms with Gasteiger partial charge in [-0.1, -0.05) is 19.4 Å². The van der Waals surface area contributed by atoms with Gasteiger partial charge in [0.05, 0.1) is 6.54 Å². The molecule has 0 amide bonds. The molecule has 18 heavy (non-hydrogen) atoms. The van der Waals surface area contributed by atoms with Crippen LogP contribution < -0.4 is 10.6 Å². The highest BCUT2D eigenvalue weighted by Crippen LogP contribution is 2.42. The van der Waals surface area contributed by atoms with Gasteiger partial charge in [-0.25, -0.2) is 0 Å². The largest absolute Gasteiger partial charge is 0.356 e. The quantitative estimate of drug-likeness (QED) is 0.634. The van der Waals surface area contributed by atoms with Crippen LogP contribution in [0.3, 0.4) is 0 Å². The van der Waals surface area contributed by atoms with E-state index >= 15 is 0 Å². The van der Waals surface area contributed by atoms with Gasteiger partial charge in [-0.15, -0.1) is 11.3 Å². The lowest BCUT2D eigenvalue weighted by atomic mass is 9.67. The van der Waals surface area contributed by atoms with Crippen LogP contribution in [0.2, 0.25) is 0 Å². The lowest BCUT2D eigenvalue weighted by Gasteiger charge is -2.41. The number of guanidine groups is 1. The number of hydrogen-bond acceptors (Lipinski definition) is 2. The monoisotopic (exact) mass is 265 g/mol. The van der Waals surface area contributed by atoms with Gasteiger partial charge >= 0.3 is 0 Å². The molecule has 4 heteroatoms.